The molecule has 0 aliphatic carbocycles. The molecular formula is C14H14N4O. The smallest absolute Gasteiger partial charge is 0.125 e. The largest absolute Gasteiger partial charge is 0.507 e. The van der Waals surface area contributed by atoms with Crippen LogP contribution in [0.1, 0.15) is 5.69 Å². The third-order valence-electron chi connectivity index (χ3n) is 3.07. The highest BCUT2D eigenvalue weighted by atomic mass is 16.3. The zero-order chi connectivity index (χ0) is 13.2. The second-order valence-corrected chi connectivity index (χ2v) is 4.33. The summed E-state index contributed by atoms with van der Waals surface area (Å²) >= 11 is 0. The molecule has 0 fully saturated rings. The number of hydrogen-bond acceptors (Lipinski definition) is 4. The number of aromatic nitrogens is 3. The number of phenols is 1. The van der Waals surface area contributed by atoms with Gasteiger partial charge in [-0.05, 0) is 18.7 Å². The van der Waals surface area contributed by atoms with E-state index in [-0.39, 0.29) is 5.75 Å². The number of nitrogens with two attached hydrogens (primary N) is 1. The van der Waals surface area contributed by atoms with Gasteiger partial charge in [-0.15, -0.1) is 0 Å². The maximum atomic E-state index is 9.96. The molecule has 0 atom stereocenters. The topological polar surface area (TPSA) is 87.8 Å². The lowest BCUT2D eigenvalue weighted by molar-refractivity contribution is 0.482. The molecule has 4 N–H and O–H groups in total. The fourth-order valence-corrected chi connectivity index (χ4v) is 2.14. The number of hydrogen-bond donors (Lipinski definition) is 3. The van der Waals surface area contributed by atoms with Crippen LogP contribution < -0.4 is 5.73 Å². The second-order valence-electron chi connectivity index (χ2n) is 4.33. The summed E-state index contributed by atoms with van der Waals surface area (Å²) in [5.41, 5.74) is 8.81. The van der Waals surface area contributed by atoms with Crippen molar-refractivity contribution in [2.24, 2.45) is 5.73 Å². The van der Waals surface area contributed by atoms with Crippen molar-refractivity contribution in [1.82, 2.24) is 15.0 Å². The number of aromatic amines is 1. The van der Waals surface area contributed by atoms with Gasteiger partial charge in [0.05, 0.1) is 23.0 Å². The molecule has 0 amide bonds. The van der Waals surface area contributed by atoms with Gasteiger partial charge in [-0.2, -0.15) is 0 Å². The van der Waals surface area contributed by atoms with Gasteiger partial charge in [0.1, 0.15) is 5.75 Å². The van der Waals surface area contributed by atoms with Crippen molar-refractivity contribution in [3.63, 3.8) is 0 Å². The fraction of sp³-hybridized carbons (Fsp3) is 0.143. The molecule has 0 radical (unpaired) electrons. The Balaban J connectivity index is 2.09. The van der Waals surface area contributed by atoms with E-state index in [0.29, 0.717) is 13.0 Å². The average molecular weight is 254 g/mol. The van der Waals surface area contributed by atoms with Crippen molar-refractivity contribution in [3.05, 3.63) is 42.5 Å². The van der Waals surface area contributed by atoms with Crippen LogP contribution in [0.2, 0.25) is 0 Å². The van der Waals surface area contributed by atoms with Crippen molar-refractivity contribution in [1.29, 1.82) is 0 Å². The lowest BCUT2D eigenvalue weighted by atomic mass is 10.1. The second kappa shape index (κ2) is 4.70. The van der Waals surface area contributed by atoms with Crippen LogP contribution in [0.3, 0.4) is 0 Å². The minimum absolute atomic E-state index is 0.238. The molecule has 0 aliphatic rings. The molecule has 1 aromatic carbocycles. The molecule has 0 bridgehead atoms. The SMILES string of the molecule is NCCc1cnc(-c2c[nH]c3cccc(O)c23)cn1. The van der Waals surface area contributed by atoms with Crippen LogP contribution in [0, 0.1) is 0 Å². The van der Waals surface area contributed by atoms with Gasteiger partial charge in [-0.25, -0.2) is 0 Å². The van der Waals surface area contributed by atoms with Crippen molar-refractivity contribution in [3.8, 4) is 17.0 Å². The number of nitrogens with zero attached hydrogens (tertiary/aromatic N) is 2. The summed E-state index contributed by atoms with van der Waals surface area (Å²) in [6.45, 7) is 0.557. The van der Waals surface area contributed by atoms with E-state index in [1.807, 2.05) is 12.3 Å². The normalized spacial score (nSPS) is 11.0. The van der Waals surface area contributed by atoms with E-state index in [1.165, 1.54) is 0 Å². The van der Waals surface area contributed by atoms with Gasteiger partial charge in [-0.3, -0.25) is 9.97 Å². The molecule has 0 saturated heterocycles. The molecule has 96 valence electrons. The van der Waals surface area contributed by atoms with Crippen molar-refractivity contribution >= 4 is 10.9 Å². The minimum Gasteiger partial charge on any atom is -0.507 e. The number of fused-ring (bicyclic) bond motifs is 1. The molecule has 0 saturated carbocycles. The summed E-state index contributed by atoms with van der Waals surface area (Å²) in [5, 5.41) is 10.7. The molecule has 3 aromatic rings. The molecule has 0 spiro atoms. The molecule has 5 nitrogen and oxygen atoms in total. The van der Waals surface area contributed by atoms with Crippen molar-refractivity contribution in [2.75, 3.05) is 6.54 Å². The predicted molar refractivity (Wildman–Crippen MR) is 73.7 cm³/mol. The summed E-state index contributed by atoms with van der Waals surface area (Å²) in [5.74, 6) is 0.238. The zero-order valence-electron chi connectivity index (χ0n) is 10.3. The number of benzene rings is 1. The number of aromatic hydroxyl groups is 1. The van der Waals surface area contributed by atoms with Crippen molar-refractivity contribution in [2.45, 2.75) is 6.42 Å². The van der Waals surface area contributed by atoms with Crippen LogP contribution >= 0.6 is 0 Å². The van der Waals surface area contributed by atoms with Crippen LogP contribution in [0.25, 0.3) is 22.2 Å². The van der Waals surface area contributed by atoms with E-state index >= 15 is 0 Å². The molecule has 0 aliphatic heterocycles. The molecule has 3 rings (SSSR count). The third-order valence-corrected chi connectivity index (χ3v) is 3.07. The van der Waals surface area contributed by atoms with Gasteiger partial charge in [0.15, 0.2) is 0 Å². The molecule has 2 aromatic heterocycles. The van der Waals surface area contributed by atoms with Crippen LogP contribution in [0.5, 0.6) is 5.75 Å². The first-order valence-corrected chi connectivity index (χ1v) is 6.10. The van der Waals surface area contributed by atoms with E-state index in [9.17, 15) is 5.11 Å². The monoisotopic (exact) mass is 254 g/mol. The Morgan fingerprint density at radius 1 is 1.21 bits per heavy atom. The van der Waals surface area contributed by atoms with Crippen LogP contribution in [-0.2, 0) is 6.42 Å². The van der Waals surface area contributed by atoms with E-state index < -0.39 is 0 Å². The number of phenolic OH excluding ortho intramolecular Hbond substituents is 1. The summed E-state index contributed by atoms with van der Waals surface area (Å²) in [6.07, 6.45) is 5.98. The zero-order valence-corrected chi connectivity index (χ0v) is 10.3. The maximum Gasteiger partial charge on any atom is 0.125 e. The Kier molecular flexibility index (Phi) is 2.89. The van der Waals surface area contributed by atoms with Gasteiger partial charge in [0, 0.05) is 29.9 Å². The molecule has 19 heavy (non-hydrogen) atoms. The summed E-state index contributed by atoms with van der Waals surface area (Å²) in [7, 11) is 0. The van der Waals surface area contributed by atoms with E-state index in [0.717, 1.165) is 27.9 Å². The number of H-pyrrole nitrogens is 1. The number of rotatable bonds is 3. The first-order chi connectivity index (χ1) is 9.29. The van der Waals surface area contributed by atoms with Crippen LogP contribution in [0.4, 0.5) is 0 Å². The maximum absolute atomic E-state index is 9.96. The Hall–Kier alpha value is -2.40. The molecular weight excluding hydrogens is 240 g/mol. The summed E-state index contributed by atoms with van der Waals surface area (Å²) in [6, 6.07) is 5.37. The van der Waals surface area contributed by atoms with E-state index in [1.54, 1.807) is 24.5 Å². The Labute approximate surface area is 110 Å². The van der Waals surface area contributed by atoms with Gasteiger partial charge in [0.2, 0.25) is 0 Å². The minimum atomic E-state index is 0.238. The third kappa shape index (κ3) is 2.04. The average Bonchev–Trinajstić information content (AvgIpc) is 2.85. The summed E-state index contributed by atoms with van der Waals surface area (Å²) in [4.78, 5) is 11.8. The number of nitrogens with one attached hydrogen (secondary N) is 1. The van der Waals surface area contributed by atoms with E-state index in [2.05, 4.69) is 15.0 Å². The highest BCUT2D eigenvalue weighted by Crippen LogP contribution is 2.33. The summed E-state index contributed by atoms with van der Waals surface area (Å²) < 4.78 is 0. The van der Waals surface area contributed by atoms with Gasteiger partial charge < -0.3 is 15.8 Å². The Morgan fingerprint density at radius 2 is 2.11 bits per heavy atom. The first-order valence-electron chi connectivity index (χ1n) is 6.10. The lowest BCUT2D eigenvalue weighted by Gasteiger charge is -2.02. The highest BCUT2D eigenvalue weighted by molar-refractivity contribution is 5.98. The standard InChI is InChI=1S/C14H14N4O/c15-5-4-9-6-17-12(8-16-9)10-7-18-11-2-1-3-13(19)14(10)11/h1-3,6-8,18-19H,4-5,15H2. The lowest BCUT2D eigenvalue weighted by Crippen LogP contribution is -2.04. The van der Waals surface area contributed by atoms with Crippen LogP contribution in [0.15, 0.2) is 36.8 Å². The van der Waals surface area contributed by atoms with E-state index in [4.69, 9.17) is 5.73 Å². The Bertz CT molecular complexity index is 703. The Morgan fingerprint density at radius 3 is 2.84 bits per heavy atom. The fourth-order valence-electron chi connectivity index (χ4n) is 2.14. The van der Waals surface area contributed by atoms with Gasteiger partial charge in [-0.1, -0.05) is 6.07 Å². The molecule has 0 unspecified atom stereocenters. The van der Waals surface area contributed by atoms with Gasteiger partial charge >= 0.3 is 0 Å². The molecule has 2 heterocycles. The molecule has 5 heteroatoms. The van der Waals surface area contributed by atoms with Crippen LogP contribution in [-0.4, -0.2) is 26.6 Å². The van der Waals surface area contributed by atoms with Gasteiger partial charge in [0.25, 0.3) is 0 Å². The highest BCUT2D eigenvalue weighted by Gasteiger charge is 2.11. The van der Waals surface area contributed by atoms with Crippen molar-refractivity contribution < 1.29 is 5.11 Å². The first kappa shape index (κ1) is 11.7. The quantitative estimate of drug-likeness (QED) is 0.665. The predicted octanol–water partition coefficient (Wildman–Crippen LogP) is 1.83.